The summed E-state index contributed by atoms with van der Waals surface area (Å²) in [4.78, 5) is 22.6. The summed E-state index contributed by atoms with van der Waals surface area (Å²) in [6.07, 6.45) is 8.40. The Kier molecular flexibility index (Phi) is 3.97. The molecule has 4 bridgehead atoms. The quantitative estimate of drug-likeness (QED) is 0.786. The van der Waals surface area contributed by atoms with Gasteiger partial charge in [-0.1, -0.05) is 12.1 Å². The number of benzene rings is 1. The number of hydrogen-bond acceptors (Lipinski definition) is 3. The molecule has 5 nitrogen and oxygen atoms in total. The highest BCUT2D eigenvalue weighted by Crippen LogP contribution is 2.60. The van der Waals surface area contributed by atoms with Crippen LogP contribution in [0.25, 0.3) is 0 Å². The first-order chi connectivity index (χ1) is 11.9. The Hall–Kier alpha value is -2.04. The van der Waals surface area contributed by atoms with E-state index in [1.54, 1.807) is 6.92 Å². The van der Waals surface area contributed by atoms with Crippen LogP contribution in [-0.4, -0.2) is 18.0 Å². The molecule has 1 aromatic carbocycles. The molecule has 4 N–H and O–H groups in total. The molecule has 4 saturated carbocycles. The third-order valence-corrected chi connectivity index (χ3v) is 6.56. The van der Waals surface area contributed by atoms with Crippen molar-refractivity contribution in [2.24, 2.45) is 23.5 Å². The topological polar surface area (TPSA) is 84.2 Å². The maximum absolute atomic E-state index is 11.8. The molecule has 0 aromatic heterocycles. The van der Waals surface area contributed by atoms with Crippen LogP contribution in [0.2, 0.25) is 0 Å². The van der Waals surface area contributed by atoms with Gasteiger partial charge >= 0.3 is 6.03 Å². The summed E-state index contributed by atoms with van der Waals surface area (Å²) >= 11 is 0. The molecule has 0 radical (unpaired) electrons. The van der Waals surface area contributed by atoms with E-state index in [2.05, 4.69) is 34.9 Å². The van der Waals surface area contributed by atoms with Crippen LogP contribution in [0, 0.1) is 17.8 Å². The Bertz CT molecular complexity index is 647. The Labute approximate surface area is 148 Å². The predicted octanol–water partition coefficient (Wildman–Crippen LogP) is 3.15. The Balaban J connectivity index is 1.46. The number of carbonyl (C=O) groups excluding carboxylic acids is 2. The van der Waals surface area contributed by atoms with Gasteiger partial charge in [-0.3, -0.25) is 10.1 Å². The van der Waals surface area contributed by atoms with Crippen LogP contribution < -0.4 is 16.4 Å². The summed E-state index contributed by atoms with van der Waals surface area (Å²) in [5.41, 5.74) is 7.73. The molecule has 0 spiro atoms. The summed E-state index contributed by atoms with van der Waals surface area (Å²) in [7, 11) is 0. The van der Waals surface area contributed by atoms with Crippen molar-refractivity contribution >= 4 is 17.6 Å². The lowest BCUT2D eigenvalue weighted by Gasteiger charge is -2.57. The zero-order chi connectivity index (χ0) is 17.6. The number of urea groups is 1. The van der Waals surface area contributed by atoms with E-state index in [0.717, 1.165) is 23.4 Å². The normalized spacial score (nSPS) is 33.7. The average Bonchev–Trinajstić information content (AvgIpc) is 2.53. The van der Waals surface area contributed by atoms with Crippen molar-refractivity contribution < 1.29 is 9.59 Å². The molecule has 25 heavy (non-hydrogen) atoms. The van der Waals surface area contributed by atoms with Crippen molar-refractivity contribution in [2.45, 2.75) is 56.9 Å². The van der Waals surface area contributed by atoms with Crippen molar-refractivity contribution in [1.29, 1.82) is 0 Å². The van der Waals surface area contributed by atoms with E-state index in [1.807, 2.05) is 0 Å². The van der Waals surface area contributed by atoms with E-state index in [-0.39, 0.29) is 0 Å². The highest BCUT2D eigenvalue weighted by atomic mass is 16.2. The molecular weight excluding hydrogens is 314 g/mol. The van der Waals surface area contributed by atoms with Gasteiger partial charge in [-0.2, -0.15) is 0 Å². The zero-order valence-electron chi connectivity index (χ0n) is 14.8. The highest BCUT2D eigenvalue weighted by molar-refractivity contribution is 5.97. The molecule has 1 aromatic rings. The van der Waals surface area contributed by atoms with Crippen LogP contribution in [0.15, 0.2) is 24.3 Å². The van der Waals surface area contributed by atoms with E-state index in [1.165, 1.54) is 44.1 Å². The molecule has 4 aliphatic rings. The third kappa shape index (κ3) is 3.12. The fourth-order valence-corrected chi connectivity index (χ4v) is 5.93. The van der Waals surface area contributed by atoms with Gasteiger partial charge in [-0.15, -0.1) is 0 Å². The fraction of sp³-hybridized carbons (Fsp3) is 0.600. The summed E-state index contributed by atoms with van der Waals surface area (Å²) in [5.74, 6) is 2.38. The van der Waals surface area contributed by atoms with Gasteiger partial charge < -0.3 is 11.1 Å². The average molecular weight is 341 g/mol. The minimum Gasteiger partial charge on any atom is -0.374 e. The second-order valence-corrected chi connectivity index (χ2v) is 8.49. The SMILES string of the molecule is C[C@H](Nc1ccc(C23CC4CC(CC(C4)C2)C3)cc1)C(=O)NC(N)=O. The summed E-state index contributed by atoms with van der Waals surface area (Å²) in [5, 5.41) is 5.23. The molecule has 0 saturated heterocycles. The largest absolute Gasteiger partial charge is 0.374 e. The van der Waals surface area contributed by atoms with E-state index < -0.39 is 18.0 Å². The zero-order valence-corrected chi connectivity index (χ0v) is 14.8. The lowest BCUT2D eigenvalue weighted by molar-refractivity contribution is -0.120. The van der Waals surface area contributed by atoms with Gasteiger partial charge in [0.25, 0.3) is 0 Å². The lowest BCUT2D eigenvalue weighted by Crippen LogP contribution is -2.48. The Morgan fingerprint density at radius 1 is 1.04 bits per heavy atom. The molecule has 3 amide bonds. The standard InChI is InChI=1S/C20H27N3O2/c1-12(18(24)23-19(21)25)22-17-4-2-16(3-5-17)20-9-13-6-14(10-20)8-15(7-13)11-20/h2-5,12-15,22H,6-11H2,1H3,(H3,21,23,24,25)/t12-,13?,14?,15?,20?/m0/s1. The molecule has 0 aliphatic heterocycles. The first kappa shape index (κ1) is 16.4. The van der Waals surface area contributed by atoms with Gasteiger partial charge in [0.1, 0.15) is 6.04 Å². The van der Waals surface area contributed by atoms with Crippen LogP contribution in [0.3, 0.4) is 0 Å². The van der Waals surface area contributed by atoms with Gasteiger partial charge in [-0.05, 0) is 86.3 Å². The minimum atomic E-state index is -0.823. The van der Waals surface area contributed by atoms with Gasteiger partial charge in [0.2, 0.25) is 5.91 Å². The van der Waals surface area contributed by atoms with Crippen LogP contribution in [-0.2, 0) is 10.2 Å². The number of imide groups is 1. The maximum Gasteiger partial charge on any atom is 0.318 e. The predicted molar refractivity (Wildman–Crippen MR) is 97.1 cm³/mol. The second kappa shape index (κ2) is 6.04. The van der Waals surface area contributed by atoms with Crippen LogP contribution in [0.4, 0.5) is 10.5 Å². The van der Waals surface area contributed by atoms with Gasteiger partial charge in [0.05, 0.1) is 0 Å². The molecule has 134 valence electrons. The third-order valence-electron chi connectivity index (χ3n) is 6.56. The van der Waals surface area contributed by atoms with Crippen molar-refractivity contribution in [1.82, 2.24) is 5.32 Å². The number of nitrogens with two attached hydrogens (primary N) is 1. The summed E-state index contributed by atoms with van der Waals surface area (Å²) in [6.45, 7) is 1.71. The van der Waals surface area contributed by atoms with Crippen molar-refractivity contribution in [3.05, 3.63) is 29.8 Å². The molecule has 5 heteroatoms. The van der Waals surface area contributed by atoms with E-state index >= 15 is 0 Å². The van der Waals surface area contributed by atoms with E-state index in [4.69, 9.17) is 5.73 Å². The molecular formula is C20H27N3O2. The smallest absolute Gasteiger partial charge is 0.318 e. The second-order valence-electron chi connectivity index (χ2n) is 8.49. The number of rotatable bonds is 4. The molecule has 4 aliphatic carbocycles. The molecule has 5 rings (SSSR count). The fourth-order valence-electron chi connectivity index (χ4n) is 5.93. The Morgan fingerprint density at radius 3 is 2.04 bits per heavy atom. The van der Waals surface area contributed by atoms with Gasteiger partial charge in [0, 0.05) is 5.69 Å². The van der Waals surface area contributed by atoms with Crippen LogP contribution in [0.5, 0.6) is 0 Å². The maximum atomic E-state index is 11.8. The molecule has 0 heterocycles. The molecule has 1 atom stereocenters. The number of amides is 3. The number of primary amides is 1. The number of nitrogens with one attached hydrogen (secondary N) is 2. The Morgan fingerprint density at radius 2 is 1.56 bits per heavy atom. The summed E-state index contributed by atoms with van der Waals surface area (Å²) in [6, 6.07) is 7.24. The number of hydrogen-bond donors (Lipinski definition) is 3. The van der Waals surface area contributed by atoms with Crippen molar-refractivity contribution in [3.8, 4) is 0 Å². The van der Waals surface area contributed by atoms with Crippen LogP contribution in [0.1, 0.15) is 51.0 Å². The lowest BCUT2D eigenvalue weighted by atomic mass is 9.48. The van der Waals surface area contributed by atoms with Gasteiger partial charge in [-0.25, -0.2) is 4.79 Å². The highest BCUT2D eigenvalue weighted by Gasteiger charge is 2.51. The molecule has 0 unspecified atom stereocenters. The van der Waals surface area contributed by atoms with E-state index in [0.29, 0.717) is 5.41 Å². The van der Waals surface area contributed by atoms with E-state index in [9.17, 15) is 9.59 Å². The molecule has 4 fully saturated rings. The number of carbonyl (C=O) groups is 2. The first-order valence-corrected chi connectivity index (χ1v) is 9.41. The first-order valence-electron chi connectivity index (χ1n) is 9.41. The summed E-state index contributed by atoms with van der Waals surface area (Å²) < 4.78 is 0. The van der Waals surface area contributed by atoms with Crippen LogP contribution >= 0.6 is 0 Å². The monoisotopic (exact) mass is 341 g/mol. The van der Waals surface area contributed by atoms with Crippen molar-refractivity contribution in [2.75, 3.05) is 5.32 Å². The minimum absolute atomic E-state index is 0.391. The number of anilines is 1. The van der Waals surface area contributed by atoms with Crippen molar-refractivity contribution in [3.63, 3.8) is 0 Å². The van der Waals surface area contributed by atoms with Gasteiger partial charge in [0.15, 0.2) is 0 Å².